The number of aliphatic imine (C=N–C) groups is 1. The summed E-state index contributed by atoms with van der Waals surface area (Å²) in [5, 5.41) is 13.2. The molecule has 2 aromatic heterocycles. The van der Waals surface area contributed by atoms with Crippen LogP contribution < -0.4 is 5.32 Å². The fraction of sp³-hybridized carbons (Fsp3) is 0.147. The molecule has 2 atom stereocenters. The zero-order valence-corrected chi connectivity index (χ0v) is 22.6. The second-order valence-corrected chi connectivity index (χ2v) is 10.4. The van der Waals surface area contributed by atoms with Crippen molar-refractivity contribution in [2.45, 2.75) is 19.3 Å². The van der Waals surface area contributed by atoms with Crippen LogP contribution in [0, 0.1) is 23.2 Å². The summed E-state index contributed by atoms with van der Waals surface area (Å²) in [6, 6.07) is 28.1. The molecule has 0 aliphatic heterocycles. The third kappa shape index (κ3) is 5.50. The number of hydrogen-bond donors (Lipinski definition) is 1. The van der Waals surface area contributed by atoms with Gasteiger partial charge in [0, 0.05) is 53.2 Å². The van der Waals surface area contributed by atoms with Crippen LogP contribution in [-0.2, 0) is 10.7 Å². The molecule has 1 fully saturated rings. The van der Waals surface area contributed by atoms with Crippen molar-refractivity contribution in [1.82, 2.24) is 9.97 Å². The number of anilines is 1. The number of pyridine rings is 2. The third-order valence-electron chi connectivity index (χ3n) is 7.29. The lowest BCUT2D eigenvalue weighted by atomic mass is 9.95. The van der Waals surface area contributed by atoms with Gasteiger partial charge in [-0.05, 0) is 41.6 Å². The summed E-state index contributed by atoms with van der Waals surface area (Å²) in [5.74, 6) is -3.70. The second kappa shape index (κ2) is 10.9. The summed E-state index contributed by atoms with van der Waals surface area (Å²) in [6.45, 7) is 0.860. The van der Waals surface area contributed by atoms with Crippen LogP contribution in [0.3, 0.4) is 0 Å². The number of amides is 1. The number of carbonyl (C=O) groups is 1. The molecule has 1 amide bonds. The van der Waals surface area contributed by atoms with Gasteiger partial charge in [0.15, 0.2) is 0 Å². The largest absolute Gasteiger partial charge is 0.310 e. The normalized spacial score (nSPS) is 16.0. The van der Waals surface area contributed by atoms with E-state index in [0.29, 0.717) is 40.0 Å². The van der Waals surface area contributed by atoms with Crippen LogP contribution in [0.4, 0.5) is 20.3 Å². The smallest absolute Gasteiger partial charge is 0.271 e. The molecule has 8 heteroatoms. The van der Waals surface area contributed by atoms with Crippen molar-refractivity contribution in [1.29, 1.82) is 5.26 Å². The van der Waals surface area contributed by atoms with Gasteiger partial charge in [0.2, 0.25) is 5.91 Å². The van der Waals surface area contributed by atoms with Gasteiger partial charge in [0.05, 0.1) is 29.3 Å². The first-order chi connectivity index (χ1) is 20.3. The van der Waals surface area contributed by atoms with E-state index in [0.717, 1.165) is 18.1 Å². The minimum atomic E-state index is -3.10. The fourth-order valence-electron chi connectivity index (χ4n) is 5.02. The Morgan fingerprint density at radius 1 is 1.00 bits per heavy atom. The highest BCUT2D eigenvalue weighted by atomic mass is 19.3. The first-order valence-corrected chi connectivity index (χ1v) is 13.5. The molecule has 3 aromatic carbocycles. The number of hydrogen-bond acceptors (Lipinski definition) is 5. The highest BCUT2D eigenvalue weighted by Crippen LogP contribution is 2.41. The van der Waals surface area contributed by atoms with Crippen LogP contribution in [0.2, 0.25) is 0 Å². The predicted octanol–water partition coefficient (Wildman–Crippen LogP) is 7.68. The Hall–Kier alpha value is -5.29. The molecule has 2 heterocycles. The maximum atomic E-state index is 14.7. The lowest BCUT2D eigenvalue weighted by molar-refractivity contribution is -0.117. The van der Waals surface area contributed by atoms with Crippen LogP contribution in [0.1, 0.15) is 30.0 Å². The molecule has 0 radical (unpaired) electrons. The molecule has 1 saturated carbocycles. The molecule has 1 aliphatic rings. The van der Waals surface area contributed by atoms with Crippen molar-refractivity contribution in [3.8, 4) is 17.2 Å². The van der Waals surface area contributed by atoms with Crippen LogP contribution in [-0.4, -0.2) is 21.6 Å². The first-order valence-electron chi connectivity index (χ1n) is 13.5. The molecule has 5 aromatic rings. The summed E-state index contributed by atoms with van der Waals surface area (Å²) < 4.78 is 29.4. The summed E-state index contributed by atoms with van der Waals surface area (Å²) in [4.78, 5) is 26.3. The van der Waals surface area contributed by atoms with E-state index < -0.39 is 5.92 Å². The minimum Gasteiger partial charge on any atom is -0.310 e. The second-order valence-electron chi connectivity index (χ2n) is 10.4. The van der Waals surface area contributed by atoms with Crippen LogP contribution in [0.15, 0.2) is 109 Å². The number of nitrogens with one attached hydrogen (secondary N) is 1. The molecule has 1 aliphatic carbocycles. The molecule has 0 bridgehead atoms. The number of nitrogens with zero attached hydrogens (tertiary/aromatic N) is 4. The van der Waals surface area contributed by atoms with Gasteiger partial charge in [0.25, 0.3) is 5.92 Å². The Bertz CT molecular complexity index is 1820. The number of rotatable bonds is 7. The molecule has 6 nitrogen and oxygen atoms in total. The molecule has 0 saturated heterocycles. The van der Waals surface area contributed by atoms with Gasteiger partial charge in [-0.25, -0.2) is 18.8 Å². The number of carbonyl (C=O) groups excluding carboxylic acids is 1. The molecular formula is C34H25F2N5O. The number of nitriles is 1. The maximum absolute atomic E-state index is 14.7. The lowest BCUT2D eigenvalue weighted by Gasteiger charge is -2.17. The van der Waals surface area contributed by atoms with E-state index in [9.17, 15) is 13.6 Å². The quantitative estimate of drug-likeness (QED) is 0.208. The average molecular weight is 558 g/mol. The van der Waals surface area contributed by atoms with Gasteiger partial charge in [-0.1, -0.05) is 60.7 Å². The molecule has 206 valence electrons. The van der Waals surface area contributed by atoms with Gasteiger partial charge in [-0.2, -0.15) is 5.26 Å². The van der Waals surface area contributed by atoms with Crippen molar-refractivity contribution in [3.63, 3.8) is 0 Å². The van der Waals surface area contributed by atoms with Crippen molar-refractivity contribution < 1.29 is 13.6 Å². The third-order valence-corrected chi connectivity index (χ3v) is 7.29. The van der Waals surface area contributed by atoms with E-state index in [1.807, 2.05) is 60.7 Å². The van der Waals surface area contributed by atoms with E-state index >= 15 is 0 Å². The van der Waals surface area contributed by atoms with Gasteiger partial charge < -0.3 is 5.32 Å². The number of halogens is 2. The molecule has 0 spiro atoms. The highest BCUT2D eigenvalue weighted by molar-refractivity contribution is 6.15. The van der Waals surface area contributed by atoms with Gasteiger partial charge in [-0.3, -0.25) is 9.78 Å². The number of aromatic nitrogens is 2. The number of benzene rings is 3. The monoisotopic (exact) mass is 557 g/mol. The summed E-state index contributed by atoms with van der Waals surface area (Å²) in [5.41, 5.74) is 3.63. The zero-order valence-electron chi connectivity index (χ0n) is 22.6. The topological polar surface area (TPSA) is 91.0 Å². The number of alkyl halides is 2. The molecule has 0 unspecified atom stereocenters. The van der Waals surface area contributed by atoms with E-state index in [2.05, 4.69) is 21.4 Å². The Morgan fingerprint density at radius 3 is 2.31 bits per heavy atom. The standard InChI is InChI=1S/C34H25F2N5O/c1-34(35,36)29-12-13-38-19-27(29)23-14-24-17-31(41-33(42)26-15-25(26)18-37)39-20-28(24)30(16-23)40-32(21-8-4-2-5-9-21)22-10-6-3-7-11-22/h2-14,16-17,19-20,25-26H,15H2,1H3,(H,39,41,42)/t25-,26+/m0/s1. The first kappa shape index (κ1) is 26.9. The summed E-state index contributed by atoms with van der Waals surface area (Å²) >= 11 is 0. The maximum Gasteiger partial charge on any atom is 0.271 e. The van der Waals surface area contributed by atoms with Gasteiger partial charge in [-0.15, -0.1) is 0 Å². The summed E-state index contributed by atoms with van der Waals surface area (Å²) in [7, 11) is 0. The molecular weight excluding hydrogens is 532 g/mol. The average Bonchev–Trinajstić information content (AvgIpc) is 3.80. The minimum absolute atomic E-state index is 0.156. The Labute approximate surface area is 241 Å². The van der Waals surface area contributed by atoms with E-state index in [-0.39, 0.29) is 28.9 Å². The van der Waals surface area contributed by atoms with Crippen molar-refractivity contribution in [3.05, 3.63) is 120 Å². The van der Waals surface area contributed by atoms with Crippen molar-refractivity contribution in [2.24, 2.45) is 16.8 Å². The van der Waals surface area contributed by atoms with Gasteiger partial charge in [0.1, 0.15) is 5.82 Å². The van der Waals surface area contributed by atoms with Crippen molar-refractivity contribution >= 4 is 33.9 Å². The zero-order chi connectivity index (χ0) is 29.3. The fourth-order valence-corrected chi connectivity index (χ4v) is 5.02. The van der Waals surface area contributed by atoms with Gasteiger partial charge >= 0.3 is 0 Å². The van der Waals surface area contributed by atoms with E-state index in [1.54, 1.807) is 24.4 Å². The van der Waals surface area contributed by atoms with Crippen LogP contribution in [0.25, 0.3) is 21.9 Å². The highest BCUT2D eigenvalue weighted by Gasteiger charge is 2.43. The summed E-state index contributed by atoms with van der Waals surface area (Å²) in [6.07, 6.45) is 4.92. The molecule has 1 N–H and O–H groups in total. The molecule has 6 rings (SSSR count). The lowest BCUT2D eigenvalue weighted by Crippen LogP contribution is -2.15. The van der Waals surface area contributed by atoms with E-state index in [1.165, 1.54) is 18.5 Å². The number of fused-ring (bicyclic) bond motifs is 1. The Balaban J connectivity index is 1.55. The Morgan fingerprint density at radius 2 is 1.69 bits per heavy atom. The van der Waals surface area contributed by atoms with E-state index in [4.69, 9.17) is 10.3 Å². The predicted molar refractivity (Wildman–Crippen MR) is 159 cm³/mol. The Kier molecular flexibility index (Phi) is 7.01. The SMILES string of the molecule is CC(F)(F)c1ccncc1-c1cc(N=C(c2ccccc2)c2ccccc2)c2cnc(NC(=O)[C@@H]3C[C@H]3C#N)cc2c1. The van der Waals surface area contributed by atoms with Crippen LogP contribution in [0.5, 0.6) is 0 Å². The van der Waals surface area contributed by atoms with Crippen LogP contribution >= 0.6 is 0 Å². The van der Waals surface area contributed by atoms with Crippen molar-refractivity contribution in [2.75, 3.05) is 5.32 Å². The molecule has 42 heavy (non-hydrogen) atoms.